The Bertz CT molecular complexity index is 529. The summed E-state index contributed by atoms with van der Waals surface area (Å²) in [6.45, 7) is 5.91. The van der Waals surface area contributed by atoms with E-state index in [0.717, 1.165) is 0 Å². The molecule has 0 aliphatic heterocycles. The Morgan fingerprint density at radius 1 is 1.25 bits per heavy atom. The summed E-state index contributed by atoms with van der Waals surface area (Å²) >= 11 is 0. The summed E-state index contributed by atoms with van der Waals surface area (Å²) < 4.78 is 11.3. The number of nitrogens with zero attached hydrogens (tertiary/aromatic N) is 2. The molecule has 6 nitrogen and oxygen atoms in total. The topological polar surface area (TPSA) is 70.4 Å². The fourth-order valence-electron chi connectivity index (χ4n) is 1.39. The Labute approximate surface area is 117 Å². The molecule has 0 radical (unpaired) electrons. The van der Waals surface area contributed by atoms with Crippen LogP contribution in [0.15, 0.2) is 24.7 Å². The lowest BCUT2D eigenvalue weighted by atomic mass is 10.4. The van der Waals surface area contributed by atoms with Crippen molar-refractivity contribution in [2.45, 2.75) is 20.8 Å². The van der Waals surface area contributed by atoms with Gasteiger partial charge in [0.25, 0.3) is 0 Å². The van der Waals surface area contributed by atoms with Crippen molar-refractivity contribution in [3.8, 4) is 0 Å². The van der Waals surface area contributed by atoms with Gasteiger partial charge in [-0.15, -0.1) is 0 Å². The first-order chi connectivity index (χ1) is 9.56. The Kier molecular flexibility index (Phi) is 6.22. The van der Waals surface area contributed by atoms with Gasteiger partial charge >= 0.3 is 11.9 Å². The highest BCUT2D eigenvalue weighted by molar-refractivity contribution is 5.88. The monoisotopic (exact) mass is 278 g/mol. The van der Waals surface area contributed by atoms with Crippen molar-refractivity contribution in [1.29, 1.82) is 0 Å². The lowest BCUT2D eigenvalue weighted by molar-refractivity contribution is -0.138. The van der Waals surface area contributed by atoms with Crippen molar-refractivity contribution in [2.75, 3.05) is 13.2 Å². The second kappa shape index (κ2) is 7.93. The first-order valence-electron chi connectivity index (χ1n) is 6.31. The minimum Gasteiger partial charge on any atom is -0.463 e. The molecule has 0 bridgehead atoms. The molecule has 20 heavy (non-hydrogen) atoms. The number of hydrogen-bond acceptors (Lipinski definition) is 5. The molecule has 0 saturated heterocycles. The summed E-state index contributed by atoms with van der Waals surface area (Å²) in [6, 6.07) is 0. The van der Waals surface area contributed by atoms with E-state index in [4.69, 9.17) is 9.47 Å². The van der Waals surface area contributed by atoms with Crippen LogP contribution in [0, 0.1) is 0 Å². The molecule has 0 spiro atoms. The van der Waals surface area contributed by atoms with Gasteiger partial charge in [-0.2, -0.15) is 0 Å². The van der Waals surface area contributed by atoms with Crippen LogP contribution in [-0.2, 0) is 19.1 Å². The summed E-state index contributed by atoms with van der Waals surface area (Å²) in [4.78, 5) is 26.6. The van der Waals surface area contributed by atoms with Gasteiger partial charge in [0.1, 0.15) is 0 Å². The van der Waals surface area contributed by atoms with Crippen LogP contribution >= 0.6 is 0 Å². The predicted molar refractivity (Wildman–Crippen MR) is 74.5 cm³/mol. The molecule has 0 aromatic carbocycles. The van der Waals surface area contributed by atoms with Gasteiger partial charge in [0, 0.05) is 24.0 Å². The van der Waals surface area contributed by atoms with E-state index in [9.17, 15) is 9.59 Å². The van der Waals surface area contributed by atoms with Crippen molar-refractivity contribution >= 4 is 23.7 Å². The quantitative estimate of drug-likeness (QED) is 0.587. The number of carbonyl (C=O) groups is 2. The molecule has 1 rings (SSSR count). The van der Waals surface area contributed by atoms with Gasteiger partial charge in [-0.1, -0.05) is 0 Å². The van der Waals surface area contributed by atoms with Gasteiger partial charge in [-0.05, 0) is 26.8 Å². The molecular formula is C14H18N2O4. The van der Waals surface area contributed by atoms with E-state index < -0.39 is 11.9 Å². The third kappa shape index (κ3) is 5.09. The van der Waals surface area contributed by atoms with Gasteiger partial charge in [0.05, 0.1) is 25.2 Å². The van der Waals surface area contributed by atoms with Crippen molar-refractivity contribution < 1.29 is 19.1 Å². The maximum Gasteiger partial charge on any atom is 0.332 e. The van der Waals surface area contributed by atoms with Crippen molar-refractivity contribution in [2.24, 2.45) is 0 Å². The van der Waals surface area contributed by atoms with Crippen LogP contribution < -0.4 is 0 Å². The number of ether oxygens (including phenoxy) is 2. The molecule has 0 amide bonds. The largest absolute Gasteiger partial charge is 0.463 e. The number of esters is 2. The lowest BCUT2D eigenvalue weighted by Gasteiger charge is -2.01. The summed E-state index contributed by atoms with van der Waals surface area (Å²) in [6.07, 6.45) is 7.48. The average Bonchev–Trinajstić information content (AvgIpc) is 2.86. The zero-order chi connectivity index (χ0) is 15.0. The minimum absolute atomic E-state index is 0.332. The van der Waals surface area contributed by atoms with Crippen LogP contribution in [0.2, 0.25) is 0 Å². The molecule has 0 aliphatic carbocycles. The lowest BCUT2D eigenvalue weighted by Crippen LogP contribution is -2.02. The van der Waals surface area contributed by atoms with E-state index in [-0.39, 0.29) is 0 Å². The maximum absolute atomic E-state index is 11.3. The van der Waals surface area contributed by atoms with Crippen molar-refractivity contribution in [3.63, 3.8) is 0 Å². The van der Waals surface area contributed by atoms with E-state index in [1.807, 2.05) is 0 Å². The second-order valence-electron chi connectivity index (χ2n) is 3.83. The van der Waals surface area contributed by atoms with Crippen LogP contribution in [-0.4, -0.2) is 34.7 Å². The number of allylic oxidation sites excluding steroid dienone is 1. The van der Waals surface area contributed by atoms with Gasteiger partial charge in [-0.3, -0.25) is 0 Å². The Hall–Kier alpha value is -2.37. The molecule has 0 saturated carbocycles. The summed E-state index contributed by atoms with van der Waals surface area (Å²) in [5.74, 6) is -0.817. The number of aromatic nitrogens is 2. The molecular weight excluding hydrogens is 260 g/mol. The highest BCUT2D eigenvalue weighted by Gasteiger charge is 2.02. The molecule has 0 unspecified atom stereocenters. The van der Waals surface area contributed by atoms with E-state index in [0.29, 0.717) is 24.6 Å². The van der Waals surface area contributed by atoms with E-state index >= 15 is 0 Å². The molecule has 0 atom stereocenters. The molecule has 0 aliphatic rings. The summed E-state index contributed by atoms with van der Waals surface area (Å²) in [7, 11) is 0. The van der Waals surface area contributed by atoms with Crippen molar-refractivity contribution in [3.05, 3.63) is 30.4 Å². The summed E-state index contributed by atoms with van der Waals surface area (Å²) in [5.41, 5.74) is 1.27. The fraction of sp³-hybridized carbons (Fsp3) is 0.357. The second-order valence-corrected chi connectivity index (χ2v) is 3.83. The van der Waals surface area contributed by atoms with Crippen LogP contribution in [0.25, 0.3) is 11.8 Å². The van der Waals surface area contributed by atoms with E-state index in [2.05, 4.69) is 4.98 Å². The first-order valence-corrected chi connectivity index (χ1v) is 6.31. The van der Waals surface area contributed by atoms with Crippen LogP contribution in [0.4, 0.5) is 0 Å². The van der Waals surface area contributed by atoms with Crippen LogP contribution in [0.1, 0.15) is 26.5 Å². The van der Waals surface area contributed by atoms with Crippen LogP contribution in [0.5, 0.6) is 0 Å². The third-order valence-corrected chi connectivity index (χ3v) is 2.30. The molecule has 0 N–H and O–H groups in total. The molecule has 108 valence electrons. The van der Waals surface area contributed by atoms with E-state index in [1.165, 1.54) is 12.2 Å². The third-order valence-electron chi connectivity index (χ3n) is 2.30. The molecule has 1 aromatic rings. The minimum atomic E-state index is -0.416. The highest BCUT2D eigenvalue weighted by Crippen LogP contribution is 2.07. The first kappa shape index (κ1) is 15.7. The van der Waals surface area contributed by atoms with Gasteiger partial charge in [-0.25, -0.2) is 14.6 Å². The zero-order valence-corrected chi connectivity index (χ0v) is 11.8. The number of carbonyl (C=O) groups excluding carboxylic acids is 2. The van der Waals surface area contributed by atoms with E-state index in [1.54, 1.807) is 43.9 Å². The predicted octanol–water partition coefficient (Wildman–Crippen LogP) is 1.88. The zero-order valence-electron chi connectivity index (χ0n) is 11.8. The normalized spacial score (nSPS) is 11.7. The molecule has 1 heterocycles. The standard InChI is InChI=1S/C14H18N2O4/c1-4-19-13(17)7-6-12-9-16(10-15-12)11(3)8-14(18)20-5-2/h6-10H,4-5H2,1-3H3/b7-6+,11-8+. The Morgan fingerprint density at radius 2 is 1.90 bits per heavy atom. The van der Waals surface area contributed by atoms with Gasteiger partial charge in [0.2, 0.25) is 0 Å². The Balaban J connectivity index is 2.72. The molecule has 1 aromatic heterocycles. The SMILES string of the molecule is CCOC(=O)/C=C/c1cn(/C(C)=C/C(=O)OCC)cn1. The smallest absolute Gasteiger partial charge is 0.332 e. The highest BCUT2D eigenvalue weighted by atomic mass is 16.5. The number of imidazole rings is 1. The fourth-order valence-corrected chi connectivity index (χ4v) is 1.39. The van der Waals surface area contributed by atoms with Crippen LogP contribution in [0.3, 0.4) is 0 Å². The molecule has 6 heteroatoms. The Morgan fingerprint density at radius 3 is 2.55 bits per heavy atom. The van der Waals surface area contributed by atoms with Gasteiger partial charge < -0.3 is 14.0 Å². The van der Waals surface area contributed by atoms with Crippen molar-refractivity contribution in [1.82, 2.24) is 9.55 Å². The summed E-state index contributed by atoms with van der Waals surface area (Å²) in [5, 5.41) is 0. The maximum atomic E-state index is 11.3. The number of rotatable bonds is 6. The molecule has 0 fully saturated rings. The average molecular weight is 278 g/mol. The van der Waals surface area contributed by atoms with Gasteiger partial charge in [0.15, 0.2) is 0 Å². The number of hydrogen-bond donors (Lipinski definition) is 0.